The van der Waals surface area contributed by atoms with Crippen LogP contribution < -0.4 is 5.73 Å². The summed E-state index contributed by atoms with van der Waals surface area (Å²) in [6.07, 6.45) is 3.66. The molecule has 4 rings (SSSR count). The van der Waals surface area contributed by atoms with Gasteiger partial charge >= 0.3 is 0 Å². The van der Waals surface area contributed by atoms with Gasteiger partial charge in [-0.15, -0.1) is 0 Å². The lowest BCUT2D eigenvalue weighted by Crippen LogP contribution is -2.40. The quantitative estimate of drug-likeness (QED) is 0.735. The van der Waals surface area contributed by atoms with Gasteiger partial charge in [0.25, 0.3) is 0 Å². The molecule has 0 aliphatic carbocycles. The zero-order valence-corrected chi connectivity index (χ0v) is 15.8. The van der Waals surface area contributed by atoms with Gasteiger partial charge in [0.2, 0.25) is 5.91 Å². The highest BCUT2D eigenvalue weighted by molar-refractivity contribution is 5.77. The Kier molecular flexibility index (Phi) is 5.00. The van der Waals surface area contributed by atoms with E-state index in [4.69, 9.17) is 10.2 Å². The number of hydrogen-bond acceptors (Lipinski definition) is 4. The van der Waals surface area contributed by atoms with Gasteiger partial charge in [0.1, 0.15) is 17.3 Å². The third-order valence-electron chi connectivity index (χ3n) is 5.14. The number of benzene rings is 1. The van der Waals surface area contributed by atoms with Crippen molar-refractivity contribution in [3.8, 4) is 17.1 Å². The lowest BCUT2D eigenvalue weighted by atomic mass is 9.97. The minimum atomic E-state index is -0.315. The number of carbonyl (C=O) groups excluding carboxylic acids is 1. The number of likely N-dealkylation sites (tertiary alicyclic amines) is 1. The molecule has 28 heavy (non-hydrogen) atoms. The summed E-state index contributed by atoms with van der Waals surface area (Å²) in [7, 11) is 0. The Bertz CT molecular complexity index is 994. The lowest BCUT2D eigenvalue weighted by molar-refractivity contribution is -0.123. The Hall–Kier alpha value is -2.93. The molecule has 1 amide bonds. The van der Waals surface area contributed by atoms with Crippen molar-refractivity contribution in [3.05, 3.63) is 59.7 Å². The number of hydrogen-bond donors (Lipinski definition) is 1. The number of rotatable bonds is 5. The third kappa shape index (κ3) is 3.84. The van der Waals surface area contributed by atoms with Crippen molar-refractivity contribution >= 4 is 5.91 Å². The van der Waals surface area contributed by atoms with Crippen molar-refractivity contribution < 1.29 is 13.6 Å². The van der Waals surface area contributed by atoms with Gasteiger partial charge in [0, 0.05) is 24.8 Å². The molecule has 1 aromatic carbocycles. The second-order valence-corrected chi connectivity index (χ2v) is 7.31. The molecule has 3 aromatic rings. The molecule has 0 radical (unpaired) electrons. The maximum Gasteiger partial charge on any atom is 0.221 e. The summed E-state index contributed by atoms with van der Waals surface area (Å²) >= 11 is 0. The van der Waals surface area contributed by atoms with Crippen molar-refractivity contribution in [3.63, 3.8) is 0 Å². The molecule has 7 heteroatoms. The SMILES string of the molecule is Cc1ccc(-c2nn(-c3cccc(F)c3)cc2CN2CCCC(C(N)=O)C2)o1. The molecule has 0 bridgehead atoms. The Labute approximate surface area is 162 Å². The summed E-state index contributed by atoms with van der Waals surface area (Å²) in [5.41, 5.74) is 7.83. The van der Waals surface area contributed by atoms with E-state index in [9.17, 15) is 9.18 Å². The number of nitrogens with two attached hydrogens (primary N) is 1. The minimum Gasteiger partial charge on any atom is -0.460 e. The topological polar surface area (TPSA) is 77.3 Å². The van der Waals surface area contributed by atoms with Crippen LogP contribution in [-0.2, 0) is 11.3 Å². The predicted molar refractivity (Wildman–Crippen MR) is 103 cm³/mol. The molecule has 146 valence electrons. The molecule has 2 N–H and O–H groups in total. The summed E-state index contributed by atoms with van der Waals surface area (Å²) < 4.78 is 21.1. The van der Waals surface area contributed by atoms with E-state index < -0.39 is 0 Å². The Balaban J connectivity index is 1.67. The Morgan fingerprint density at radius 3 is 2.93 bits per heavy atom. The molecule has 1 aliphatic heterocycles. The van der Waals surface area contributed by atoms with Crippen LogP contribution in [0.2, 0.25) is 0 Å². The van der Waals surface area contributed by atoms with E-state index in [1.807, 2.05) is 25.3 Å². The van der Waals surface area contributed by atoms with Crippen molar-refractivity contribution in [2.45, 2.75) is 26.3 Å². The van der Waals surface area contributed by atoms with E-state index in [2.05, 4.69) is 10.00 Å². The zero-order valence-electron chi connectivity index (χ0n) is 15.8. The van der Waals surface area contributed by atoms with Gasteiger partial charge in [-0.2, -0.15) is 5.10 Å². The van der Waals surface area contributed by atoms with Crippen LogP contribution in [0.3, 0.4) is 0 Å². The second kappa shape index (κ2) is 7.59. The molecule has 0 saturated carbocycles. The maximum absolute atomic E-state index is 13.7. The van der Waals surface area contributed by atoms with E-state index >= 15 is 0 Å². The van der Waals surface area contributed by atoms with Crippen LogP contribution in [0, 0.1) is 18.7 Å². The van der Waals surface area contributed by atoms with E-state index in [0.717, 1.165) is 36.4 Å². The molecule has 3 heterocycles. The first-order valence-corrected chi connectivity index (χ1v) is 9.42. The van der Waals surface area contributed by atoms with Crippen molar-refractivity contribution in [2.75, 3.05) is 13.1 Å². The highest BCUT2D eigenvalue weighted by Crippen LogP contribution is 2.28. The number of piperidine rings is 1. The van der Waals surface area contributed by atoms with E-state index in [1.54, 1.807) is 16.8 Å². The molecule has 1 aliphatic rings. The normalized spacial score (nSPS) is 17.7. The van der Waals surface area contributed by atoms with E-state index in [0.29, 0.717) is 24.5 Å². The summed E-state index contributed by atoms with van der Waals surface area (Å²) in [6.45, 7) is 4.03. The molecule has 2 aromatic heterocycles. The second-order valence-electron chi connectivity index (χ2n) is 7.31. The standard InChI is InChI=1S/C21H23FN4O2/c1-14-7-8-19(28-14)20-16(12-25-9-3-4-15(11-25)21(23)27)13-26(24-20)18-6-2-5-17(22)10-18/h2,5-8,10,13,15H,3-4,9,11-12H2,1H3,(H2,23,27). The van der Waals surface area contributed by atoms with Gasteiger partial charge in [-0.05, 0) is 56.6 Å². The largest absolute Gasteiger partial charge is 0.460 e. The van der Waals surface area contributed by atoms with Crippen LogP contribution in [0.4, 0.5) is 4.39 Å². The first kappa shape index (κ1) is 18.4. The van der Waals surface area contributed by atoms with Gasteiger partial charge in [-0.3, -0.25) is 9.69 Å². The fraction of sp³-hybridized carbons (Fsp3) is 0.333. The van der Waals surface area contributed by atoms with Gasteiger partial charge in [-0.25, -0.2) is 9.07 Å². The molecule has 6 nitrogen and oxygen atoms in total. The number of amides is 1. The molecule has 1 saturated heterocycles. The average molecular weight is 382 g/mol. The molecular weight excluding hydrogens is 359 g/mol. The van der Waals surface area contributed by atoms with Crippen LogP contribution in [0.25, 0.3) is 17.1 Å². The molecule has 1 fully saturated rings. The van der Waals surface area contributed by atoms with Crippen LogP contribution in [0.15, 0.2) is 47.0 Å². The first-order valence-electron chi connectivity index (χ1n) is 9.42. The first-order chi connectivity index (χ1) is 13.5. The van der Waals surface area contributed by atoms with E-state index in [1.165, 1.54) is 12.1 Å². The number of nitrogens with zero attached hydrogens (tertiary/aromatic N) is 3. The third-order valence-corrected chi connectivity index (χ3v) is 5.14. The lowest BCUT2D eigenvalue weighted by Gasteiger charge is -2.30. The fourth-order valence-electron chi connectivity index (χ4n) is 3.72. The maximum atomic E-state index is 13.7. The fourth-order valence-corrected chi connectivity index (χ4v) is 3.72. The van der Waals surface area contributed by atoms with Crippen molar-refractivity contribution in [2.24, 2.45) is 11.7 Å². The number of carbonyl (C=O) groups is 1. The van der Waals surface area contributed by atoms with Crippen LogP contribution >= 0.6 is 0 Å². The predicted octanol–water partition coefficient (Wildman–Crippen LogP) is 3.28. The smallest absolute Gasteiger partial charge is 0.221 e. The molecule has 1 atom stereocenters. The van der Waals surface area contributed by atoms with Crippen LogP contribution in [0.5, 0.6) is 0 Å². The Morgan fingerprint density at radius 2 is 2.21 bits per heavy atom. The number of primary amides is 1. The molecular formula is C21H23FN4O2. The van der Waals surface area contributed by atoms with Crippen LogP contribution in [0.1, 0.15) is 24.2 Å². The van der Waals surface area contributed by atoms with Crippen molar-refractivity contribution in [1.82, 2.24) is 14.7 Å². The molecule has 0 spiro atoms. The summed E-state index contributed by atoms with van der Waals surface area (Å²) in [5.74, 6) is 0.785. The molecule has 1 unspecified atom stereocenters. The van der Waals surface area contributed by atoms with Gasteiger partial charge in [-0.1, -0.05) is 6.07 Å². The Morgan fingerprint density at radius 1 is 1.36 bits per heavy atom. The number of halogens is 1. The highest BCUT2D eigenvalue weighted by atomic mass is 19.1. The summed E-state index contributed by atoms with van der Waals surface area (Å²) in [4.78, 5) is 13.8. The van der Waals surface area contributed by atoms with Crippen molar-refractivity contribution in [1.29, 1.82) is 0 Å². The monoisotopic (exact) mass is 382 g/mol. The van der Waals surface area contributed by atoms with E-state index in [-0.39, 0.29) is 17.6 Å². The van der Waals surface area contributed by atoms with Gasteiger partial charge < -0.3 is 10.2 Å². The number of aromatic nitrogens is 2. The highest BCUT2D eigenvalue weighted by Gasteiger charge is 2.26. The zero-order chi connectivity index (χ0) is 19.7. The van der Waals surface area contributed by atoms with Crippen LogP contribution in [-0.4, -0.2) is 33.7 Å². The number of furan rings is 1. The summed E-state index contributed by atoms with van der Waals surface area (Å²) in [6, 6.07) is 10.1. The van der Waals surface area contributed by atoms with Gasteiger partial charge in [0.15, 0.2) is 5.76 Å². The number of aryl methyl sites for hydroxylation is 1. The van der Waals surface area contributed by atoms with Gasteiger partial charge in [0.05, 0.1) is 11.6 Å². The minimum absolute atomic E-state index is 0.124. The average Bonchev–Trinajstić information content (AvgIpc) is 3.28. The summed E-state index contributed by atoms with van der Waals surface area (Å²) in [5, 5.41) is 4.66.